The van der Waals surface area contributed by atoms with Crippen molar-refractivity contribution in [3.8, 4) is 10.4 Å². The Balaban J connectivity index is 0.00000320. The molecule has 1 fully saturated rings. The minimum atomic E-state index is -0.644. The van der Waals surface area contributed by atoms with Crippen molar-refractivity contribution in [1.29, 1.82) is 0 Å². The average Bonchev–Trinajstić information content (AvgIpc) is 3.15. The van der Waals surface area contributed by atoms with Gasteiger partial charge in [0.25, 0.3) is 0 Å². The molecule has 0 spiro atoms. The molecule has 1 aliphatic heterocycles. The second-order valence-corrected chi connectivity index (χ2v) is 7.99. The van der Waals surface area contributed by atoms with Crippen LogP contribution in [0.2, 0.25) is 0 Å². The van der Waals surface area contributed by atoms with Gasteiger partial charge in [-0.3, -0.25) is 10.1 Å². The minimum absolute atomic E-state index is 0. The van der Waals surface area contributed by atoms with E-state index in [2.05, 4.69) is 5.32 Å². The molecule has 0 unspecified atom stereocenters. The molecule has 0 radical (unpaired) electrons. The number of hydrogen-bond acceptors (Lipinski definition) is 4. The molecule has 3 amide bonds. The maximum atomic E-state index is 13.4. The van der Waals surface area contributed by atoms with Crippen LogP contribution < -0.4 is 5.32 Å². The van der Waals surface area contributed by atoms with Gasteiger partial charge in [-0.2, -0.15) is 0 Å². The highest BCUT2D eigenvalue weighted by Gasteiger charge is 2.27. The lowest BCUT2D eigenvalue weighted by Crippen LogP contribution is -2.48. The van der Waals surface area contributed by atoms with Crippen LogP contribution in [0.15, 0.2) is 30.3 Å². The number of likely N-dealkylation sites (tertiary alicyclic amines) is 1. The Morgan fingerprint density at radius 3 is 2.43 bits per heavy atom. The minimum Gasteiger partial charge on any atom is -0.375 e. The fourth-order valence-electron chi connectivity index (χ4n) is 3.33. The molecular weight excluding hydrogens is 412 g/mol. The average molecular weight is 440 g/mol. The zero-order valence-electron chi connectivity index (χ0n) is 16.3. The molecule has 2 heterocycles. The predicted octanol–water partition coefficient (Wildman–Crippen LogP) is 4.43. The molecule has 30 heavy (non-hydrogen) atoms. The number of thiophene rings is 1. The number of amides is 3. The van der Waals surface area contributed by atoms with Gasteiger partial charge < -0.3 is 14.5 Å². The Labute approximate surface area is 179 Å². The van der Waals surface area contributed by atoms with Crippen LogP contribution in [-0.4, -0.2) is 61.6 Å². The zero-order valence-corrected chi connectivity index (χ0v) is 17.1. The molecule has 1 N–H and O–H groups in total. The number of carbonyl (C=O) groups is 2. The molecule has 2 aromatic rings. The SMILES string of the molecule is C.COCC(=O)N1CCC(N(C)C(=O)Nc2ccc(-c3cc(F)cc(F)c3)s2)CC1. The third-order valence-electron chi connectivity index (χ3n) is 4.94. The standard InChI is InChI=1S/C20H23F2N3O3S.CH4/c1-24(16-5-7-25(8-6-16)19(26)12-28-2)20(27)23-18-4-3-17(29-18)13-9-14(21)11-15(22)10-13;/h3-4,9-11,16H,5-8,12H2,1-2H3,(H,23,27);1H4. The highest BCUT2D eigenvalue weighted by atomic mass is 32.1. The first-order valence-corrected chi connectivity index (χ1v) is 10.1. The van der Waals surface area contributed by atoms with Gasteiger partial charge in [-0.05, 0) is 42.7 Å². The Morgan fingerprint density at radius 1 is 1.20 bits per heavy atom. The third-order valence-corrected chi connectivity index (χ3v) is 5.99. The van der Waals surface area contributed by atoms with E-state index in [9.17, 15) is 18.4 Å². The van der Waals surface area contributed by atoms with Gasteiger partial charge >= 0.3 is 6.03 Å². The predicted molar refractivity (Wildman–Crippen MR) is 115 cm³/mol. The summed E-state index contributed by atoms with van der Waals surface area (Å²) in [5.74, 6) is -1.33. The number of ether oxygens (including phenoxy) is 1. The number of carbonyl (C=O) groups excluding carboxylic acids is 2. The Hall–Kier alpha value is -2.52. The van der Waals surface area contributed by atoms with E-state index in [1.807, 2.05) is 0 Å². The highest BCUT2D eigenvalue weighted by Crippen LogP contribution is 2.32. The van der Waals surface area contributed by atoms with E-state index < -0.39 is 11.6 Å². The van der Waals surface area contributed by atoms with Gasteiger partial charge in [-0.15, -0.1) is 11.3 Å². The number of urea groups is 1. The Kier molecular flexibility index (Phi) is 8.31. The number of nitrogens with one attached hydrogen (secondary N) is 1. The first-order valence-electron chi connectivity index (χ1n) is 9.24. The summed E-state index contributed by atoms with van der Waals surface area (Å²) >= 11 is 1.25. The van der Waals surface area contributed by atoms with Crippen LogP contribution in [0.25, 0.3) is 10.4 Å². The number of benzene rings is 1. The lowest BCUT2D eigenvalue weighted by atomic mass is 10.0. The van der Waals surface area contributed by atoms with E-state index in [-0.39, 0.29) is 32.0 Å². The molecule has 164 valence electrons. The molecule has 0 atom stereocenters. The number of hydrogen-bond donors (Lipinski definition) is 1. The summed E-state index contributed by atoms with van der Waals surface area (Å²) in [5, 5.41) is 3.42. The van der Waals surface area contributed by atoms with Crippen molar-refractivity contribution in [2.75, 3.05) is 39.2 Å². The fraction of sp³-hybridized carbons (Fsp3) is 0.429. The van der Waals surface area contributed by atoms with Crippen LogP contribution in [0, 0.1) is 11.6 Å². The number of methoxy groups -OCH3 is 1. The molecule has 6 nitrogen and oxygen atoms in total. The van der Waals surface area contributed by atoms with Gasteiger partial charge in [-0.25, -0.2) is 13.6 Å². The summed E-state index contributed by atoms with van der Waals surface area (Å²) in [5.41, 5.74) is 0.425. The van der Waals surface area contributed by atoms with Crippen molar-refractivity contribution < 1.29 is 23.1 Å². The van der Waals surface area contributed by atoms with E-state index in [1.54, 1.807) is 29.0 Å². The summed E-state index contributed by atoms with van der Waals surface area (Å²) in [6, 6.07) is 6.53. The van der Waals surface area contributed by atoms with Gasteiger partial charge in [-0.1, -0.05) is 7.43 Å². The molecule has 0 saturated carbocycles. The molecule has 1 aromatic heterocycles. The van der Waals surface area contributed by atoms with E-state index in [4.69, 9.17) is 4.74 Å². The van der Waals surface area contributed by atoms with Crippen LogP contribution in [0.1, 0.15) is 20.3 Å². The maximum absolute atomic E-state index is 13.4. The summed E-state index contributed by atoms with van der Waals surface area (Å²) in [7, 11) is 3.21. The van der Waals surface area contributed by atoms with Gasteiger partial charge in [0.15, 0.2) is 0 Å². The first kappa shape index (κ1) is 23.8. The first-order chi connectivity index (χ1) is 13.9. The lowest BCUT2D eigenvalue weighted by molar-refractivity contribution is -0.136. The Morgan fingerprint density at radius 2 is 1.83 bits per heavy atom. The van der Waals surface area contributed by atoms with Crippen LogP contribution in [0.5, 0.6) is 0 Å². The van der Waals surface area contributed by atoms with Crippen molar-refractivity contribution >= 4 is 28.3 Å². The van der Waals surface area contributed by atoms with E-state index >= 15 is 0 Å². The second kappa shape index (κ2) is 10.5. The van der Waals surface area contributed by atoms with Crippen LogP contribution >= 0.6 is 11.3 Å². The Bertz CT molecular complexity index is 862. The summed E-state index contributed by atoms with van der Waals surface area (Å²) in [4.78, 5) is 28.5. The van der Waals surface area contributed by atoms with E-state index in [1.165, 1.54) is 30.6 Å². The topological polar surface area (TPSA) is 61.9 Å². The monoisotopic (exact) mass is 439 g/mol. The summed E-state index contributed by atoms with van der Waals surface area (Å²) < 4.78 is 31.7. The molecular formula is C21H27F2N3O3S. The normalized spacial score (nSPS) is 14.2. The second-order valence-electron chi connectivity index (χ2n) is 6.91. The third kappa shape index (κ3) is 5.76. The summed E-state index contributed by atoms with van der Waals surface area (Å²) in [6.45, 7) is 1.23. The molecule has 1 saturated heterocycles. The van der Waals surface area contributed by atoms with Gasteiger partial charge in [0.05, 0.1) is 5.00 Å². The van der Waals surface area contributed by atoms with Crippen molar-refractivity contribution in [3.63, 3.8) is 0 Å². The van der Waals surface area contributed by atoms with Crippen molar-refractivity contribution in [2.45, 2.75) is 26.3 Å². The molecule has 0 bridgehead atoms. The molecule has 1 aliphatic rings. The van der Waals surface area contributed by atoms with Crippen molar-refractivity contribution in [2.24, 2.45) is 0 Å². The summed E-state index contributed by atoms with van der Waals surface area (Å²) in [6.07, 6.45) is 1.38. The van der Waals surface area contributed by atoms with Gasteiger partial charge in [0, 0.05) is 44.2 Å². The maximum Gasteiger partial charge on any atom is 0.322 e. The molecule has 3 rings (SSSR count). The number of nitrogens with zero attached hydrogens (tertiary/aromatic N) is 2. The number of anilines is 1. The van der Waals surface area contributed by atoms with Crippen molar-refractivity contribution in [3.05, 3.63) is 42.0 Å². The van der Waals surface area contributed by atoms with Crippen LogP contribution in [0.3, 0.4) is 0 Å². The van der Waals surface area contributed by atoms with Gasteiger partial charge in [0.2, 0.25) is 5.91 Å². The zero-order chi connectivity index (χ0) is 21.0. The molecule has 0 aliphatic carbocycles. The van der Waals surface area contributed by atoms with Crippen LogP contribution in [0.4, 0.5) is 18.6 Å². The fourth-order valence-corrected chi connectivity index (χ4v) is 4.22. The van der Waals surface area contributed by atoms with E-state index in [0.29, 0.717) is 41.4 Å². The number of halogens is 2. The molecule has 9 heteroatoms. The quantitative estimate of drug-likeness (QED) is 0.750. The smallest absolute Gasteiger partial charge is 0.322 e. The van der Waals surface area contributed by atoms with E-state index in [0.717, 1.165) is 6.07 Å². The highest BCUT2D eigenvalue weighted by molar-refractivity contribution is 7.19. The van der Waals surface area contributed by atoms with Crippen molar-refractivity contribution in [1.82, 2.24) is 9.80 Å². The van der Waals surface area contributed by atoms with Gasteiger partial charge in [0.1, 0.15) is 18.2 Å². The van der Waals surface area contributed by atoms with Crippen LogP contribution in [-0.2, 0) is 9.53 Å². The number of piperidine rings is 1. The largest absolute Gasteiger partial charge is 0.375 e. The number of rotatable bonds is 5. The molecule has 1 aromatic carbocycles. The lowest BCUT2D eigenvalue weighted by Gasteiger charge is -2.36.